The predicted octanol–water partition coefficient (Wildman–Crippen LogP) is 2.32. The van der Waals surface area contributed by atoms with E-state index in [-0.39, 0.29) is 11.6 Å². The number of aliphatic hydroxyl groups excluding tert-OH is 1. The first kappa shape index (κ1) is 25.8. The second kappa shape index (κ2) is 11.9. The number of nitrogens with one attached hydrogen (secondary N) is 1. The summed E-state index contributed by atoms with van der Waals surface area (Å²) in [5.74, 6) is -2.28. The van der Waals surface area contributed by atoms with Gasteiger partial charge in [-0.1, -0.05) is 32.1 Å². The highest BCUT2D eigenvalue weighted by Crippen LogP contribution is 2.59. The van der Waals surface area contributed by atoms with E-state index in [0.717, 1.165) is 12.3 Å². The first-order valence-corrected chi connectivity index (χ1v) is 10.6. The lowest BCUT2D eigenvalue weighted by molar-refractivity contribution is -0.159. The molecule has 8 nitrogen and oxygen atoms in total. The number of carbonyl (C=O) groups is 2. The third-order valence-electron chi connectivity index (χ3n) is 6.10. The van der Waals surface area contributed by atoms with E-state index < -0.39 is 18.0 Å². The summed E-state index contributed by atoms with van der Waals surface area (Å²) in [4.78, 5) is 18.2. The van der Waals surface area contributed by atoms with Gasteiger partial charge in [-0.3, -0.25) is 0 Å². The summed E-state index contributed by atoms with van der Waals surface area (Å²) in [5, 5.41) is 27.9. The van der Waals surface area contributed by atoms with Crippen molar-refractivity contribution in [2.24, 2.45) is 17.3 Å². The van der Waals surface area contributed by atoms with Gasteiger partial charge in [0.25, 0.3) is 0 Å². The van der Waals surface area contributed by atoms with Crippen LogP contribution in [0.5, 0.6) is 5.75 Å². The van der Waals surface area contributed by atoms with E-state index in [9.17, 15) is 9.50 Å². The van der Waals surface area contributed by atoms with E-state index in [4.69, 9.17) is 29.3 Å². The molecular weight excluding hydrogens is 421 g/mol. The summed E-state index contributed by atoms with van der Waals surface area (Å²) in [5.41, 5.74) is 1.81. The van der Waals surface area contributed by atoms with Crippen molar-refractivity contribution in [2.45, 2.75) is 32.8 Å². The molecule has 4 rings (SSSR count). The number of hydrogen-bond acceptors (Lipinski definition) is 6. The molecule has 3 atom stereocenters. The molecule has 178 valence electrons. The lowest BCUT2D eigenvalue weighted by Gasteiger charge is -2.56. The average Bonchev–Trinajstić information content (AvgIpc) is 2.75. The number of aliphatic hydroxyl groups is 1. The van der Waals surface area contributed by atoms with Crippen molar-refractivity contribution in [3.63, 3.8) is 0 Å². The van der Waals surface area contributed by atoms with Gasteiger partial charge >= 0.3 is 11.9 Å². The number of halogens is 1. The smallest absolute Gasteiger partial charge is 0.414 e. The lowest BCUT2D eigenvalue weighted by Crippen LogP contribution is -2.48. The van der Waals surface area contributed by atoms with Gasteiger partial charge in [0.1, 0.15) is 6.61 Å². The van der Waals surface area contributed by atoms with Crippen LogP contribution in [0.1, 0.15) is 26.7 Å². The molecular formula is C23H32FNO7. The Kier molecular flexibility index (Phi) is 9.61. The average molecular weight is 454 g/mol. The van der Waals surface area contributed by atoms with E-state index in [2.05, 4.69) is 25.2 Å². The number of carboxylic acids is 2. The number of aliphatic carboxylic acids is 2. The van der Waals surface area contributed by atoms with Gasteiger partial charge in [0.05, 0.1) is 19.3 Å². The first-order valence-electron chi connectivity index (χ1n) is 10.6. The second-order valence-electron chi connectivity index (χ2n) is 8.58. The van der Waals surface area contributed by atoms with Crippen molar-refractivity contribution in [3.8, 4) is 5.75 Å². The van der Waals surface area contributed by atoms with Crippen molar-refractivity contribution in [2.75, 3.05) is 32.9 Å². The van der Waals surface area contributed by atoms with Crippen LogP contribution in [0, 0.1) is 23.1 Å². The maximum absolute atomic E-state index is 13.4. The van der Waals surface area contributed by atoms with Crippen LogP contribution >= 0.6 is 0 Å². The molecule has 0 amide bonds. The lowest BCUT2D eigenvalue weighted by atomic mass is 9.49. The molecule has 3 aliphatic carbocycles. The van der Waals surface area contributed by atoms with Gasteiger partial charge in [0, 0.05) is 13.1 Å². The van der Waals surface area contributed by atoms with Gasteiger partial charge in [0.2, 0.25) is 0 Å². The van der Waals surface area contributed by atoms with Crippen LogP contribution in [0.4, 0.5) is 4.39 Å². The summed E-state index contributed by atoms with van der Waals surface area (Å²) in [6.07, 6.45) is 4.21. The Morgan fingerprint density at radius 2 is 1.94 bits per heavy atom. The van der Waals surface area contributed by atoms with Gasteiger partial charge in [-0.2, -0.15) is 0 Å². The Morgan fingerprint density at radius 1 is 1.25 bits per heavy atom. The molecule has 0 radical (unpaired) electrons. The number of carboxylic acid groups (broad SMARTS) is 2. The fraction of sp³-hybridized carbons (Fsp3) is 0.565. The SMILES string of the molecule is CC1(C)C2CC=C(COCC(O)CNCCOc3ccccc3F)C1C2.O=C(O)C(=O)O. The summed E-state index contributed by atoms with van der Waals surface area (Å²) in [6.45, 7) is 6.94. The normalized spacial score (nSPS) is 21.3. The summed E-state index contributed by atoms with van der Waals surface area (Å²) < 4.78 is 24.5. The van der Waals surface area contributed by atoms with Gasteiger partial charge in [-0.25, -0.2) is 14.0 Å². The topological polar surface area (TPSA) is 125 Å². The maximum Gasteiger partial charge on any atom is 0.414 e. The van der Waals surface area contributed by atoms with Crippen molar-refractivity contribution in [1.82, 2.24) is 5.32 Å². The zero-order valence-electron chi connectivity index (χ0n) is 18.4. The van der Waals surface area contributed by atoms with Crippen LogP contribution in [-0.4, -0.2) is 66.3 Å². The van der Waals surface area contributed by atoms with Crippen molar-refractivity contribution in [3.05, 3.63) is 41.7 Å². The Bertz CT molecular complexity index is 799. The number of para-hydroxylation sites is 1. The van der Waals surface area contributed by atoms with Gasteiger partial charge in [0.15, 0.2) is 11.6 Å². The summed E-state index contributed by atoms with van der Waals surface area (Å²) in [7, 11) is 0. The Morgan fingerprint density at radius 3 is 2.53 bits per heavy atom. The van der Waals surface area contributed by atoms with E-state index in [1.54, 1.807) is 18.2 Å². The molecule has 1 fully saturated rings. The highest BCUT2D eigenvalue weighted by molar-refractivity contribution is 6.27. The third-order valence-corrected chi connectivity index (χ3v) is 6.10. The molecule has 2 bridgehead atoms. The molecule has 32 heavy (non-hydrogen) atoms. The number of ether oxygens (including phenoxy) is 2. The molecule has 1 aromatic rings. The Labute approximate surface area is 187 Å². The number of rotatable bonds is 10. The van der Waals surface area contributed by atoms with Crippen LogP contribution in [0.25, 0.3) is 0 Å². The molecule has 3 aliphatic rings. The Hall–Kier alpha value is -2.49. The van der Waals surface area contributed by atoms with Crippen molar-refractivity contribution in [1.29, 1.82) is 0 Å². The highest BCUT2D eigenvalue weighted by Gasteiger charge is 2.50. The summed E-state index contributed by atoms with van der Waals surface area (Å²) in [6, 6.07) is 6.34. The van der Waals surface area contributed by atoms with Crippen LogP contribution < -0.4 is 10.1 Å². The van der Waals surface area contributed by atoms with Crippen LogP contribution in [0.3, 0.4) is 0 Å². The standard InChI is InChI=1S/C21H30FNO3.C2H2O4/c1-21(2)16-8-7-15(18(21)11-16)13-25-14-17(24)12-23-9-10-26-20-6-4-3-5-19(20)22;3-1(4)2(5)6/h3-7,16-18,23-24H,8-14H2,1-2H3;(H,3,4)(H,5,6). The van der Waals surface area contributed by atoms with Crippen LogP contribution in [-0.2, 0) is 14.3 Å². The highest BCUT2D eigenvalue weighted by atomic mass is 19.1. The number of hydrogen-bond donors (Lipinski definition) is 4. The van der Waals surface area contributed by atoms with Gasteiger partial charge in [-0.15, -0.1) is 0 Å². The fourth-order valence-corrected chi connectivity index (χ4v) is 4.08. The minimum absolute atomic E-state index is 0.250. The molecule has 0 aliphatic heterocycles. The van der Waals surface area contributed by atoms with E-state index >= 15 is 0 Å². The minimum atomic E-state index is -1.82. The molecule has 1 aromatic carbocycles. The van der Waals surface area contributed by atoms with E-state index in [1.165, 1.54) is 18.1 Å². The van der Waals surface area contributed by atoms with Gasteiger partial charge < -0.3 is 30.1 Å². The second-order valence-corrected chi connectivity index (χ2v) is 8.58. The number of benzene rings is 1. The molecule has 0 spiro atoms. The molecule has 4 N–H and O–H groups in total. The molecule has 0 aromatic heterocycles. The zero-order chi connectivity index (χ0) is 23.7. The van der Waals surface area contributed by atoms with Crippen molar-refractivity contribution < 1.29 is 38.8 Å². The monoisotopic (exact) mass is 453 g/mol. The number of allylic oxidation sites excluding steroid dienone is 1. The predicted molar refractivity (Wildman–Crippen MR) is 115 cm³/mol. The maximum atomic E-state index is 13.4. The first-order chi connectivity index (χ1) is 15.1. The summed E-state index contributed by atoms with van der Waals surface area (Å²) >= 11 is 0. The molecule has 0 heterocycles. The Balaban J connectivity index is 0.000000534. The fourth-order valence-electron chi connectivity index (χ4n) is 4.08. The van der Waals surface area contributed by atoms with E-state index in [1.807, 2.05) is 0 Å². The van der Waals surface area contributed by atoms with Crippen molar-refractivity contribution >= 4 is 11.9 Å². The molecule has 9 heteroatoms. The van der Waals surface area contributed by atoms with Crippen LogP contribution in [0.2, 0.25) is 0 Å². The quantitative estimate of drug-likeness (QED) is 0.242. The molecule has 3 unspecified atom stereocenters. The minimum Gasteiger partial charge on any atom is -0.489 e. The zero-order valence-corrected chi connectivity index (χ0v) is 18.4. The largest absolute Gasteiger partial charge is 0.489 e. The third kappa shape index (κ3) is 7.29. The number of fused-ring (bicyclic) bond motifs is 1. The van der Waals surface area contributed by atoms with Gasteiger partial charge in [-0.05, 0) is 47.8 Å². The van der Waals surface area contributed by atoms with E-state index in [0.29, 0.717) is 44.2 Å². The molecule has 0 saturated heterocycles. The molecule has 1 saturated carbocycles. The van der Waals surface area contributed by atoms with Crippen LogP contribution in [0.15, 0.2) is 35.9 Å².